The highest BCUT2D eigenvalue weighted by atomic mass is 16.2. The van der Waals surface area contributed by atoms with Gasteiger partial charge in [0.1, 0.15) is 6.33 Å². The van der Waals surface area contributed by atoms with Crippen LogP contribution in [0.25, 0.3) is 0 Å². The molecule has 0 aliphatic carbocycles. The third kappa shape index (κ3) is 2.78. The van der Waals surface area contributed by atoms with Crippen LogP contribution in [0.5, 0.6) is 0 Å². The summed E-state index contributed by atoms with van der Waals surface area (Å²) in [5, 5.41) is 5.81. The molecule has 1 amide bonds. The number of aromatic nitrogens is 2. The molecule has 0 saturated heterocycles. The number of rotatable bonds is 5. The van der Waals surface area contributed by atoms with Gasteiger partial charge < -0.3 is 5.73 Å². The smallest absolute Gasteiger partial charge is 0.257 e. The van der Waals surface area contributed by atoms with Crippen molar-refractivity contribution in [2.24, 2.45) is 16.8 Å². The van der Waals surface area contributed by atoms with Crippen molar-refractivity contribution in [3.8, 4) is 0 Å². The lowest BCUT2D eigenvalue weighted by molar-refractivity contribution is -0.119. The van der Waals surface area contributed by atoms with Crippen molar-refractivity contribution in [1.29, 1.82) is 0 Å². The molecule has 1 aliphatic heterocycles. The molecule has 1 aliphatic rings. The van der Waals surface area contributed by atoms with Crippen molar-refractivity contribution >= 4 is 17.4 Å². The summed E-state index contributed by atoms with van der Waals surface area (Å²) in [7, 11) is 0. The minimum atomic E-state index is -0.194. The van der Waals surface area contributed by atoms with Gasteiger partial charge in [-0.2, -0.15) is 10.1 Å². The first kappa shape index (κ1) is 13.6. The predicted octanol–water partition coefficient (Wildman–Crippen LogP) is 1.25. The van der Waals surface area contributed by atoms with Gasteiger partial charge in [0.05, 0.1) is 11.6 Å². The molecule has 6 nitrogen and oxygen atoms in total. The maximum absolute atomic E-state index is 12.4. The van der Waals surface area contributed by atoms with Crippen LogP contribution in [0.15, 0.2) is 17.5 Å². The van der Waals surface area contributed by atoms with Gasteiger partial charge in [0.2, 0.25) is 0 Å². The summed E-state index contributed by atoms with van der Waals surface area (Å²) in [4.78, 5) is 20.5. The Labute approximate surface area is 112 Å². The van der Waals surface area contributed by atoms with Crippen LogP contribution in [0.1, 0.15) is 31.9 Å². The molecule has 1 unspecified atom stereocenters. The average Bonchev–Trinajstić information content (AvgIpc) is 2.69. The second-order valence-corrected chi connectivity index (χ2v) is 4.64. The lowest BCUT2D eigenvalue weighted by Crippen LogP contribution is -2.29. The van der Waals surface area contributed by atoms with E-state index in [1.807, 2.05) is 6.92 Å². The Kier molecular flexibility index (Phi) is 4.21. The Hall–Kier alpha value is -1.82. The molecule has 1 aromatic heterocycles. The molecule has 0 spiro atoms. The third-order valence-corrected chi connectivity index (χ3v) is 3.11. The van der Waals surface area contributed by atoms with E-state index in [0.717, 1.165) is 24.2 Å². The maximum Gasteiger partial charge on any atom is 0.257 e. The number of amides is 1. The van der Waals surface area contributed by atoms with Crippen molar-refractivity contribution in [3.05, 3.63) is 18.1 Å². The van der Waals surface area contributed by atoms with Crippen LogP contribution >= 0.6 is 0 Å². The number of nitrogens with two attached hydrogens (primary N) is 1. The van der Waals surface area contributed by atoms with Gasteiger partial charge in [-0.05, 0) is 26.3 Å². The minimum absolute atomic E-state index is 0.0352. The lowest BCUT2D eigenvalue weighted by Gasteiger charge is -2.13. The monoisotopic (exact) mass is 261 g/mol. The second-order valence-electron chi connectivity index (χ2n) is 4.64. The van der Waals surface area contributed by atoms with Crippen molar-refractivity contribution in [2.45, 2.75) is 33.1 Å². The Morgan fingerprint density at radius 1 is 1.42 bits per heavy atom. The molecule has 0 fully saturated rings. The summed E-state index contributed by atoms with van der Waals surface area (Å²) < 4.78 is 0. The normalized spacial score (nSPS) is 18.9. The highest BCUT2D eigenvalue weighted by molar-refractivity contribution is 6.15. The fourth-order valence-corrected chi connectivity index (χ4v) is 2.20. The van der Waals surface area contributed by atoms with Crippen molar-refractivity contribution in [1.82, 2.24) is 9.97 Å². The van der Waals surface area contributed by atoms with Gasteiger partial charge in [-0.15, -0.1) is 0 Å². The number of hydrazone groups is 1. The Morgan fingerprint density at radius 2 is 2.21 bits per heavy atom. The standard InChI is InChI=1S/C13H19N5O/c1-3-4-11-10(5-6-14)13(19)18(17-11)12-7-9(2)15-8-16-12/h7-8,10H,3-6,14H2,1-2H3. The van der Waals surface area contributed by atoms with Gasteiger partial charge in [-0.3, -0.25) is 4.79 Å². The lowest BCUT2D eigenvalue weighted by atomic mass is 9.96. The quantitative estimate of drug-likeness (QED) is 0.864. The summed E-state index contributed by atoms with van der Waals surface area (Å²) in [5.41, 5.74) is 7.31. The molecular formula is C13H19N5O. The summed E-state index contributed by atoms with van der Waals surface area (Å²) >= 11 is 0. The van der Waals surface area contributed by atoms with Crippen molar-refractivity contribution < 1.29 is 4.79 Å². The van der Waals surface area contributed by atoms with E-state index in [9.17, 15) is 4.79 Å². The van der Waals surface area contributed by atoms with E-state index in [1.165, 1.54) is 11.3 Å². The molecule has 0 bridgehead atoms. The van der Waals surface area contributed by atoms with Crippen LogP contribution in [0.2, 0.25) is 0 Å². The van der Waals surface area contributed by atoms with E-state index < -0.39 is 0 Å². The highest BCUT2D eigenvalue weighted by Crippen LogP contribution is 2.25. The van der Waals surface area contributed by atoms with E-state index in [2.05, 4.69) is 22.0 Å². The van der Waals surface area contributed by atoms with E-state index >= 15 is 0 Å². The zero-order valence-corrected chi connectivity index (χ0v) is 11.3. The molecule has 2 rings (SSSR count). The summed E-state index contributed by atoms with van der Waals surface area (Å²) in [5.74, 6) is 0.304. The average molecular weight is 261 g/mol. The zero-order chi connectivity index (χ0) is 13.8. The molecule has 2 N–H and O–H groups in total. The molecule has 102 valence electrons. The first-order chi connectivity index (χ1) is 9.17. The fraction of sp³-hybridized carbons (Fsp3) is 0.538. The number of nitrogens with zero attached hydrogens (tertiary/aromatic N) is 4. The summed E-state index contributed by atoms with van der Waals surface area (Å²) in [6, 6.07) is 1.76. The first-order valence-electron chi connectivity index (χ1n) is 6.57. The molecule has 1 atom stereocenters. The van der Waals surface area contributed by atoms with Crippen LogP contribution < -0.4 is 10.7 Å². The number of carbonyl (C=O) groups is 1. The van der Waals surface area contributed by atoms with Crippen LogP contribution in [0, 0.1) is 12.8 Å². The van der Waals surface area contributed by atoms with Gasteiger partial charge in [-0.25, -0.2) is 9.97 Å². The molecular weight excluding hydrogens is 242 g/mol. The van der Waals surface area contributed by atoms with Gasteiger partial charge in [0, 0.05) is 11.8 Å². The van der Waals surface area contributed by atoms with E-state index in [-0.39, 0.29) is 11.8 Å². The predicted molar refractivity (Wildman–Crippen MR) is 73.8 cm³/mol. The number of hydrogen-bond donors (Lipinski definition) is 1. The van der Waals surface area contributed by atoms with E-state index in [0.29, 0.717) is 18.8 Å². The zero-order valence-electron chi connectivity index (χ0n) is 11.3. The molecule has 19 heavy (non-hydrogen) atoms. The van der Waals surface area contributed by atoms with Gasteiger partial charge in [0.25, 0.3) is 5.91 Å². The van der Waals surface area contributed by atoms with E-state index in [1.54, 1.807) is 6.07 Å². The molecule has 6 heteroatoms. The fourth-order valence-electron chi connectivity index (χ4n) is 2.20. The van der Waals surface area contributed by atoms with Crippen LogP contribution in [0.4, 0.5) is 5.82 Å². The van der Waals surface area contributed by atoms with E-state index in [4.69, 9.17) is 5.73 Å². The summed E-state index contributed by atoms with van der Waals surface area (Å²) in [6.07, 6.45) is 3.86. The maximum atomic E-state index is 12.4. The van der Waals surface area contributed by atoms with Crippen molar-refractivity contribution in [2.75, 3.05) is 11.6 Å². The Bertz CT molecular complexity index is 500. The Balaban J connectivity index is 2.29. The molecule has 0 radical (unpaired) electrons. The van der Waals surface area contributed by atoms with Gasteiger partial charge in [-0.1, -0.05) is 13.3 Å². The molecule has 0 aromatic carbocycles. The van der Waals surface area contributed by atoms with Gasteiger partial charge in [0.15, 0.2) is 5.82 Å². The molecule has 0 saturated carbocycles. The van der Waals surface area contributed by atoms with Crippen LogP contribution in [0.3, 0.4) is 0 Å². The van der Waals surface area contributed by atoms with Crippen molar-refractivity contribution in [3.63, 3.8) is 0 Å². The number of hydrogen-bond acceptors (Lipinski definition) is 5. The SMILES string of the molecule is CCCC1=NN(c2cc(C)ncn2)C(=O)C1CCN. The molecule has 2 heterocycles. The largest absolute Gasteiger partial charge is 0.330 e. The van der Waals surface area contributed by atoms with Crippen LogP contribution in [-0.2, 0) is 4.79 Å². The Morgan fingerprint density at radius 3 is 2.84 bits per heavy atom. The first-order valence-corrected chi connectivity index (χ1v) is 6.57. The van der Waals surface area contributed by atoms with Gasteiger partial charge >= 0.3 is 0 Å². The number of anilines is 1. The summed E-state index contributed by atoms with van der Waals surface area (Å²) in [6.45, 7) is 4.42. The minimum Gasteiger partial charge on any atom is -0.330 e. The number of aryl methyl sites for hydroxylation is 1. The number of carbonyl (C=O) groups excluding carboxylic acids is 1. The second kappa shape index (κ2) is 5.88. The molecule has 1 aromatic rings. The van der Waals surface area contributed by atoms with Crippen LogP contribution in [-0.4, -0.2) is 28.1 Å². The topological polar surface area (TPSA) is 84.5 Å². The highest BCUT2D eigenvalue weighted by Gasteiger charge is 2.35. The third-order valence-electron chi connectivity index (χ3n) is 3.11.